The van der Waals surface area contributed by atoms with Gasteiger partial charge in [-0.25, -0.2) is 9.59 Å². The molecule has 0 heterocycles. The van der Waals surface area contributed by atoms with Crippen LogP contribution in [0.15, 0.2) is 24.3 Å². The summed E-state index contributed by atoms with van der Waals surface area (Å²) in [5.41, 5.74) is 1.29. The summed E-state index contributed by atoms with van der Waals surface area (Å²) in [5, 5.41) is 11.5. The molecule has 0 unspecified atom stereocenters. The topological polar surface area (TPSA) is 75.6 Å². The molecule has 1 aromatic carbocycles. The monoisotopic (exact) mass is 341 g/mol. The van der Waals surface area contributed by atoms with Crippen LogP contribution in [-0.4, -0.2) is 41.3 Å². The minimum Gasteiger partial charge on any atom is -0.480 e. The fourth-order valence-electron chi connectivity index (χ4n) is 1.61. The van der Waals surface area contributed by atoms with Crippen molar-refractivity contribution < 1.29 is 19.4 Å². The average molecular weight is 341 g/mol. The van der Waals surface area contributed by atoms with Crippen LogP contribution in [0, 0.1) is 6.92 Å². The van der Waals surface area contributed by atoms with Crippen LogP contribution >= 0.6 is 11.8 Å². The van der Waals surface area contributed by atoms with Gasteiger partial charge >= 0.3 is 12.1 Å². The number of ether oxygens (including phenoxy) is 1. The van der Waals surface area contributed by atoms with Crippen LogP contribution in [0.5, 0.6) is 0 Å². The summed E-state index contributed by atoms with van der Waals surface area (Å²) < 4.78 is 5.06. The number of rotatable bonds is 4. The van der Waals surface area contributed by atoms with Crippen LogP contribution in [0.3, 0.4) is 0 Å². The number of alkyl carbamates (subject to hydrolysis) is 1. The summed E-state index contributed by atoms with van der Waals surface area (Å²) >= 11 is 1.75. The van der Waals surface area contributed by atoms with Crippen molar-refractivity contribution in [2.45, 2.75) is 45.8 Å². The second-order valence-corrected chi connectivity index (χ2v) is 6.95. The Morgan fingerprint density at radius 2 is 1.70 bits per heavy atom. The SMILES string of the molecule is CSC.Cc1ccc(C[C@H](NC(=O)OC(C)(C)C)C(=O)O)cc1. The zero-order valence-corrected chi connectivity index (χ0v) is 15.5. The van der Waals surface area contributed by atoms with Crippen molar-refractivity contribution in [2.24, 2.45) is 0 Å². The van der Waals surface area contributed by atoms with E-state index in [0.717, 1.165) is 11.1 Å². The first kappa shape index (κ1) is 21.3. The Balaban J connectivity index is 0.00000149. The molecular weight excluding hydrogens is 314 g/mol. The summed E-state index contributed by atoms with van der Waals surface area (Å²) in [6, 6.07) is 6.50. The lowest BCUT2D eigenvalue weighted by Gasteiger charge is -2.22. The van der Waals surface area contributed by atoms with Crippen LogP contribution in [0.25, 0.3) is 0 Å². The normalized spacial score (nSPS) is 11.7. The van der Waals surface area contributed by atoms with Crippen molar-refractivity contribution in [3.05, 3.63) is 35.4 Å². The molecule has 0 aliphatic carbocycles. The van der Waals surface area contributed by atoms with Crippen molar-refractivity contribution in [2.75, 3.05) is 12.5 Å². The number of carboxylic acid groups (broad SMARTS) is 1. The smallest absolute Gasteiger partial charge is 0.408 e. The highest BCUT2D eigenvalue weighted by atomic mass is 32.2. The highest BCUT2D eigenvalue weighted by molar-refractivity contribution is 7.97. The summed E-state index contributed by atoms with van der Waals surface area (Å²) in [4.78, 5) is 22.8. The lowest BCUT2D eigenvalue weighted by atomic mass is 10.0. The Bertz CT molecular complexity index is 494. The average Bonchev–Trinajstić information content (AvgIpc) is 2.39. The van der Waals surface area contributed by atoms with E-state index in [-0.39, 0.29) is 6.42 Å². The van der Waals surface area contributed by atoms with Crippen LogP contribution in [0.4, 0.5) is 4.79 Å². The third kappa shape index (κ3) is 10.6. The van der Waals surface area contributed by atoms with E-state index >= 15 is 0 Å². The third-order valence-corrected chi connectivity index (χ3v) is 2.55. The number of amides is 1. The number of benzene rings is 1. The van der Waals surface area contributed by atoms with Crippen molar-refractivity contribution >= 4 is 23.8 Å². The molecule has 1 aromatic rings. The van der Waals surface area contributed by atoms with Gasteiger partial charge in [-0.1, -0.05) is 29.8 Å². The fourth-order valence-corrected chi connectivity index (χ4v) is 1.61. The fraction of sp³-hybridized carbons (Fsp3) is 0.529. The second kappa shape index (κ2) is 10.2. The highest BCUT2D eigenvalue weighted by Gasteiger charge is 2.24. The van der Waals surface area contributed by atoms with Gasteiger partial charge in [-0.2, -0.15) is 11.8 Å². The number of aliphatic carboxylic acids is 1. The predicted molar refractivity (Wildman–Crippen MR) is 95.1 cm³/mol. The van der Waals surface area contributed by atoms with E-state index in [1.165, 1.54) is 0 Å². The Kier molecular flexibility index (Phi) is 9.41. The molecule has 0 bridgehead atoms. The predicted octanol–water partition coefficient (Wildman–Crippen LogP) is 3.49. The Labute approximate surface area is 142 Å². The van der Waals surface area contributed by atoms with Gasteiger partial charge in [0.2, 0.25) is 0 Å². The molecule has 2 N–H and O–H groups in total. The van der Waals surface area contributed by atoms with E-state index < -0.39 is 23.7 Å². The van der Waals surface area contributed by atoms with E-state index in [9.17, 15) is 9.59 Å². The lowest BCUT2D eigenvalue weighted by Crippen LogP contribution is -2.44. The molecule has 0 radical (unpaired) electrons. The Hall–Kier alpha value is -1.69. The van der Waals surface area contributed by atoms with E-state index in [1.54, 1.807) is 32.5 Å². The van der Waals surface area contributed by atoms with Crippen molar-refractivity contribution in [3.63, 3.8) is 0 Å². The van der Waals surface area contributed by atoms with Crippen LogP contribution in [-0.2, 0) is 16.0 Å². The first-order valence-electron chi connectivity index (χ1n) is 7.27. The van der Waals surface area contributed by atoms with Gasteiger partial charge in [-0.15, -0.1) is 0 Å². The van der Waals surface area contributed by atoms with E-state index in [1.807, 2.05) is 43.7 Å². The molecule has 0 aliphatic heterocycles. The van der Waals surface area contributed by atoms with Gasteiger partial charge in [0.1, 0.15) is 11.6 Å². The van der Waals surface area contributed by atoms with Crippen LogP contribution < -0.4 is 5.32 Å². The van der Waals surface area contributed by atoms with E-state index in [0.29, 0.717) is 0 Å². The molecular formula is C17H27NO4S. The maximum atomic E-state index is 11.6. The molecule has 0 aliphatic rings. The highest BCUT2D eigenvalue weighted by Crippen LogP contribution is 2.09. The summed E-state index contributed by atoms with van der Waals surface area (Å²) in [6.07, 6.45) is 3.58. The second-order valence-electron chi connectivity index (χ2n) is 6.14. The number of nitrogens with one attached hydrogen (secondary N) is 1. The van der Waals surface area contributed by atoms with Crippen molar-refractivity contribution in [1.29, 1.82) is 0 Å². The zero-order valence-electron chi connectivity index (χ0n) is 14.7. The van der Waals surface area contributed by atoms with Gasteiger partial charge in [0, 0.05) is 6.42 Å². The van der Waals surface area contributed by atoms with Gasteiger partial charge < -0.3 is 15.2 Å². The molecule has 1 atom stereocenters. The van der Waals surface area contributed by atoms with Gasteiger partial charge in [-0.05, 0) is 45.8 Å². The number of carboxylic acids is 1. The van der Waals surface area contributed by atoms with E-state index in [4.69, 9.17) is 9.84 Å². The quantitative estimate of drug-likeness (QED) is 0.877. The number of aryl methyl sites for hydroxylation is 1. The molecule has 1 rings (SSSR count). The molecule has 0 fully saturated rings. The Morgan fingerprint density at radius 1 is 1.22 bits per heavy atom. The largest absolute Gasteiger partial charge is 0.480 e. The molecule has 23 heavy (non-hydrogen) atoms. The lowest BCUT2D eigenvalue weighted by molar-refractivity contribution is -0.139. The number of carbonyl (C=O) groups excluding carboxylic acids is 1. The molecule has 130 valence electrons. The number of thioether (sulfide) groups is 1. The molecule has 0 saturated carbocycles. The minimum atomic E-state index is -1.09. The maximum Gasteiger partial charge on any atom is 0.408 e. The molecule has 1 amide bonds. The maximum absolute atomic E-state index is 11.6. The first-order valence-corrected chi connectivity index (χ1v) is 8.90. The summed E-state index contributed by atoms with van der Waals surface area (Å²) in [5.74, 6) is -1.09. The van der Waals surface area contributed by atoms with Gasteiger partial charge in [0.15, 0.2) is 0 Å². The van der Waals surface area contributed by atoms with Crippen molar-refractivity contribution in [1.82, 2.24) is 5.32 Å². The first-order chi connectivity index (χ1) is 10.6. The summed E-state index contributed by atoms with van der Waals surface area (Å²) in [7, 11) is 0. The molecule has 0 saturated heterocycles. The van der Waals surface area contributed by atoms with E-state index in [2.05, 4.69) is 5.32 Å². The van der Waals surface area contributed by atoms with Gasteiger partial charge in [-0.3, -0.25) is 0 Å². The molecule has 0 aromatic heterocycles. The van der Waals surface area contributed by atoms with Crippen LogP contribution in [0.2, 0.25) is 0 Å². The molecule has 6 heteroatoms. The Morgan fingerprint density at radius 3 is 2.09 bits per heavy atom. The van der Waals surface area contributed by atoms with Gasteiger partial charge in [0.05, 0.1) is 0 Å². The molecule has 5 nitrogen and oxygen atoms in total. The number of carbonyl (C=O) groups is 2. The van der Waals surface area contributed by atoms with Crippen molar-refractivity contribution in [3.8, 4) is 0 Å². The standard InChI is InChI=1S/C15H21NO4.C2H6S/c1-10-5-7-11(8-6-10)9-12(13(17)18)16-14(19)20-15(2,3)4;1-3-2/h5-8,12H,9H2,1-4H3,(H,16,19)(H,17,18);1-2H3/t12-;/m0./s1. The zero-order chi connectivity index (χ0) is 18.0. The van der Waals surface area contributed by atoms with Crippen LogP contribution in [0.1, 0.15) is 31.9 Å². The number of hydrogen-bond acceptors (Lipinski definition) is 4. The molecule has 0 spiro atoms. The summed E-state index contributed by atoms with van der Waals surface area (Å²) in [6.45, 7) is 7.13. The third-order valence-electron chi connectivity index (χ3n) is 2.55. The minimum absolute atomic E-state index is 0.217. The number of hydrogen-bond donors (Lipinski definition) is 2. The van der Waals surface area contributed by atoms with Gasteiger partial charge in [0.25, 0.3) is 0 Å².